The van der Waals surface area contributed by atoms with Crippen LogP contribution in [-0.2, 0) is 33.7 Å². The van der Waals surface area contributed by atoms with Gasteiger partial charge < -0.3 is 34.9 Å². The van der Waals surface area contributed by atoms with Gasteiger partial charge >= 0.3 is 18.4 Å². The predicted molar refractivity (Wildman–Crippen MR) is 145 cm³/mol. The van der Waals surface area contributed by atoms with Gasteiger partial charge in [0.2, 0.25) is 0 Å². The Bertz CT molecular complexity index is 1130. The number of ether oxygens (including phenoxy) is 3. The smallest absolute Gasteiger partial charge is 0.480 e. The number of benzene rings is 1. The number of aromatic nitrogens is 1. The number of fused-ring (bicyclic) bond motifs is 1. The topological polar surface area (TPSA) is 122 Å². The maximum Gasteiger partial charge on any atom is 0.573 e. The molecule has 1 aromatic carbocycles. The molecular weight excluding hydrogens is 545 g/mol. The van der Waals surface area contributed by atoms with Crippen molar-refractivity contribution in [2.75, 3.05) is 45.2 Å². The van der Waals surface area contributed by atoms with E-state index < -0.39 is 30.2 Å². The van der Waals surface area contributed by atoms with Crippen molar-refractivity contribution in [3.05, 3.63) is 53.2 Å². The number of aliphatic carboxylic acids is 1. The summed E-state index contributed by atoms with van der Waals surface area (Å²) in [6, 6.07) is 7.99. The van der Waals surface area contributed by atoms with Gasteiger partial charge in [0.05, 0.1) is 6.61 Å². The van der Waals surface area contributed by atoms with Gasteiger partial charge in [0.1, 0.15) is 24.2 Å². The number of anilines is 1. The van der Waals surface area contributed by atoms with E-state index in [1.807, 2.05) is 0 Å². The van der Waals surface area contributed by atoms with Crippen LogP contribution in [0.2, 0.25) is 0 Å². The molecule has 10 nitrogen and oxygen atoms in total. The Morgan fingerprint density at radius 2 is 2.00 bits per heavy atom. The van der Waals surface area contributed by atoms with E-state index in [0.717, 1.165) is 68.8 Å². The van der Waals surface area contributed by atoms with Gasteiger partial charge in [-0.15, -0.1) is 13.2 Å². The summed E-state index contributed by atoms with van der Waals surface area (Å²) in [6.07, 6.45) is -0.928. The first-order chi connectivity index (χ1) is 19.6. The van der Waals surface area contributed by atoms with E-state index in [1.165, 1.54) is 17.7 Å². The first kappa shape index (κ1) is 31.9. The molecule has 1 aliphatic heterocycles. The lowest BCUT2D eigenvalue weighted by Crippen LogP contribution is -2.43. The van der Waals surface area contributed by atoms with Gasteiger partial charge in [0, 0.05) is 32.4 Å². The molecule has 0 unspecified atom stereocenters. The number of alkyl halides is 3. The molecule has 13 heteroatoms. The third kappa shape index (κ3) is 11.8. The molecule has 0 saturated carbocycles. The number of carboxylic acids is 1. The van der Waals surface area contributed by atoms with Crippen molar-refractivity contribution in [2.45, 2.75) is 57.5 Å². The molecule has 1 aliphatic rings. The van der Waals surface area contributed by atoms with E-state index >= 15 is 0 Å². The second-order valence-corrected chi connectivity index (χ2v) is 9.73. The third-order valence-electron chi connectivity index (χ3n) is 6.55. The minimum atomic E-state index is -4.85. The van der Waals surface area contributed by atoms with Crippen molar-refractivity contribution >= 4 is 17.9 Å². The minimum absolute atomic E-state index is 0.126. The summed E-state index contributed by atoms with van der Waals surface area (Å²) in [5.74, 6) is -0.693. The van der Waals surface area contributed by atoms with Crippen LogP contribution in [0, 0.1) is 0 Å². The highest BCUT2D eigenvalue weighted by Gasteiger charge is 2.31. The van der Waals surface area contributed by atoms with Crippen LogP contribution in [0.15, 0.2) is 36.4 Å². The molecule has 3 N–H and O–H groups in total. The fourth-order valence-corrected chi connectivity index (χ4v) is 4.44. The van der Waals surface area contributed by atoms with Crippen LogP contribution in [0.4, 0.5) is 23.8 Å². The predicted octanol–water partition coefficient (Wildman–Crippen LogP) is 4.38. The maximum absolute atomic E-state index is 12.4. The monoisotopic (exact) mass is 582 g/mol. The van der Waals surface area contributed by atoms with Gasteiger partial charge in [0.25, 0.3) is 0 Å². The zero-order chi connectivity index (χ0) is 29.7. The minimum Gasteiger partial charge on any atom is -0.480 e. The summed E-state index contributed by atoms with van der Waals surface area (Å²) in [5, 5.41) is 15.3. The van der Waals surface area contributed by atoms with Crippen LogP contribution in [0.25, 0.3) is 0 Å². The van der Waals surface area contributed by atoms with Crippen LogP contribution < -0.4 is 15.4 Å². The first-order valence-electron chi connectivity index (χ1n) is 13.6. The normalized spacial score (nSPS) is 13.7. The van der Waals surface area contributed by atoms with Crippen LogP contribution in [0.5, 0.6) is 5.75 Å². The molecule has 226 valence electrons. The number of halogens is 3. The summed E-state index contributed by atoms with van der Waals surface area (Å²) in [4.78, 5) is 30.8. The molecule has 0 spiro atoms. The number of carbonyl (C=O) groups excluding carboxylic acids is 1. The highest BCUT2D eigenvalue weighted by Crippen LogP contribution is 2.24. The number of carboxylic acid groups (broad SMARTS) is 1. The number of unbranched alkanes of at least 4 members (excludes halogenated alkanes) is 1. The Balaban J connectivity index is 1.43. The number of carbonyl (C=O) groups is 2. The van der Waals surface area contributed by atoms with Crippen molar-refractivity contribution < 1.29 is 42.1 Å². The van der Waals surface area contributed by atoms with Gasteiger partial charge in [-0.3, -0.25) is 0 Å². The van der Waals surface area contributed by atoms with Crippen molar-refractivity contribution in [3.63, 3.8) is 0 Å². The highest BCUT2D eigenvalue weighted by atomic mass is 19.4. The number of pyridine rings is 1. The fraction of sp³-hybridized carbons (Fsp3) is 0.536. The number of aryl methyl sites for hydroxylation is 2. The zero-order valence-electron chi connectivity index (χ0n) is 23.0. The van der Waals surface area contributed by atoms with Gasteiger partial charge in [-0.2, -0.15) is 0 Å². The summed E-state index contributed by atoms with van der Waals surface area (Å²) in [5.41, 5.74) is 2.54. The molecule has 41 heavy (non-hydrogen) atoms. The summed E-state index contributed by atoms with van der Waals surface area (Å²) < 4.78 is 51.3. The molecule has 1 aromatic heterocycles. The van der Waals surface area contributed by atoms with E-state index in [4.69, 9.17) is 14.5 Å². The Morgan fingerprint density at radius 3 is 2.76 bits per heavy atom. The van der Waals surface area contributed by atoms with E-state index in [0.29, 0.717) is 19.7 Å². The Morgan fingerprint density at radius 1 is 1.17 bits per heavy atom. The molecule has 1 atom stereocenters. The highest BCUT2D eigenvalue weighted by molar-refractivity contribution is 5.79. The number of nitrogens with zero attached hydrogens (tertiary/aromatic N) is 2. The van der Waals surface area contributed by atoms with E-state index in [2.05, 4.69) is 32.4 Å². The van der Waals surface area contributed by atoms with Crippen LogP contribution in [-0.4, -0.2) is 79.4 Å². The Kier molecular flexibility index (Phi) is 12.5. The van der Waals surface area contributed by atoms with Crippen LogP contribution in [0.1, 0.15) is 42.5 Å². The number of methoxy groups -OCH3 is 1. The number of nitrogens with one attached hydrogen (secondary N) is 2. The number of hydrogen-bond donors (Lipinski definition) is 3. The first-order valence-corrected chi connectivity index (χ1v) is 13.6. The van der Waals surface area contributed by atoms with E-state index in [9.17, 15) is 27.9 Å². The van der Waals surface area contributed by atoms with E-state index in [1.54, 1.807) is 7.11 Å². The molecule has 0 saturated heterocycles. The summed E-state index contributed by atoms with van der Waals surface area (Å²) in [6.45, 7) is 2.78. The number of alkyl carbamates (subject to hydrolysis) is 1. The molecule has 2 aromatic rings. The summed E-state index contributed by atoms with van der Waals surface area (Å²) in [7, 11) is 1.59. The van der Waals surface area contributed by atoms with Crippen molar-refractivity contribution in [1.29, 1.82) is 0 Å². The lowest BCUT2D eigenvalue weighted by molar-refractivity contribution is -0.274. The zero-order valence-corrected chi connectivity index (χ0v) is 23.0. The van der Waals surface area contributed by atoms with Crippen molar-refractivity contribution in [3.8, 4) is 5.75 Å². The molecule has 0 bridgehead atoms. The number of hydrogen-bond acceptors (Lipinski definition) is 8. The van der Waals surface area contributed by atoms with Gasteiger partial charge in [-0.1, -0.05) is 18.2 Å². The molecule has 2 heterocycles. The van der Waals surface area contributed by atoms with Gasteiger partial charge in [0.15, 0.2) is 0 Å². The third-order valence-corrected chi connectivity index (χ3v) is 6.55. The average molecular weight is 583 g/mol. The molecule has 0 fully saturated rings. The Labute approximate surface area is 237 Å². The van der Waals surface area contributed by atoms with E-state index in [-0.39, 0.29) is 18.6 Å². The summed E-state index contributed by atoms with van der Waals surface area (Å²) >= 11 is 0. The number of amides is 1. The average Bonchev–Trinajstić information content (AvgIpc) is 2.93. The molecule has 0 aliphatic carbocycles. The van der Waals surface area contributed by atoms with Crippen LogP contribution in [0.3, 0.4) is 0 Å². The maximum atomic E-state index is 12.4. The second kappa shape index (κ2) is 16.0. The van der Waals surface area contributed by atoms with Crippen LogP contribution >= 0.6 is 0 Å². The Hall–Kier alpha value is -3.58. The molecule has 1 amide bonds. The molecule has 0 radical (unpaired) electrons. The SMILES string of the molecule is COCCN(CCCCc1ccc2c(n1)NCCC2)CC[C@H](NC(=O)OCc1cccc(OC(F)(F)F)c1)C(=O)O. The standard InChI is InChI=1S/C28H37F3N4O6/c1-39-17-16-35(14-3-2-8-22-11-10-21-7-5-13-32-25(21)33-22)15-12-24(26(36)37)34-27(38)40-19-20-6-4-9-23(18-20)41-28(29,30)31/h4,6,9-11,18,24H,2-3,5,7-8,12-17,19H2,1H3,(H,32,33)(H,34,38)(H,36,37)/t24-/m0/s1. The quantitative estimate of drug-likeness (QED) is 0.248. The van der Waals surface area contributed by atoms with Gasteiger partial charge in [-0.05, 0) is 74.4 Å². The second-order valence-electron chi connectivity index (χ2n) is 9.73. The number of rotatable bonds is 16. The fourth-order valence-electron chi connectivity index (χ4n) is 4.44. The lowest BCUT2D eigenvalue weighted by Gasteiger charge is -2.24. The van der Waals surface area contributed by atoms with Crippen molar-refractivity contribution in [1.82, 2.24) is 15.2 Å². The van der Waals surface area contributed by atoms with Crippen molar-refractivity contribution in [2.24, 2.45) is 0 Å². The molecule has 3 rings (SSSR count). The lowest BCUT2D eigenvalue weighted by atomic mass is 10.1. The van der Waals surface area contributed by atoms with Gasteiger partial charge in [-0.25, -0.2) is 14.6 Å². The largest absolute Gasteiger partial charge is 0.573 e. The molecular formula is C28H37F3N4O6.